The monoisotopic (exact) mass is 139 g/mol. The molecular weight excluding hydrogens is 126 g/mol. The van der Waals surface area contributed by atoms with Gasteiger partial charge in [-0.15, -0.1) is 0 Å². The summed E-state index contributed by atoms with van der Waals surface area (Å²) in [6, 6.07) is 0. The van der Waals surface area contributed by atoms with Gasteiger partial charge >= 0.3 is 0 Å². The third-order valence-corrected chi connectivity index (χ3v) is 0.995. The first-order valence-electron chi connectivity index (χ1n) is 2.88. The zero-order valence-corrected chi connectivity index (χ0v) is 6.09. The molecule has 6 N–H and O–H groups in total. The minimum atomic E-state index is 0.236. The SMILES string of the molecule is C=C(C)/C(C=C(N)N)=C/N. The van der Waals surface area contributed by atoms with Gasteiger partial charge in [0.05, 0.1) is 5.82 Å². The molecule has 0 aliphatic rings. The molecule has 0 fully saturated rings. The quantitative estimate of drug-likeness (QED) is 0.477. The van der Waals surface area contributed by atoms with Gasteiger partial charge in [0.25, 0.3) is 0 Å². The van der Waals surface area contributed by atoms with Crippen molar-refractivity contribution in [3.8, 4) is 0 Å². The summed E-state index contributed by atoms with van der Waals surface area (Å²) in [7, 11) is 0. The Bertz CT molecular complexity index is 185. The summed E-state index contributed by atoms with van der Waals surface area (Å²) in [4.78, 5) is 0. The molecule has 0 aromatic carbocycles. The Balaban J connectivity index is 4.42. The van der Waals surface area contributed by atoms with E-state index < -0.39 is 0 Å². The lowest BCUT2D eigenvalue weighted by molar-refractivity contribution is 1.23. The van der Waals surface area contributed by atoms with E-state index >= 15 is 0 Å². The van der Waals surface area contributed by atoms with Crippen LogP contribution in [-0.2, 0) is 0 Å². The van der Waals surface area contributed by atoms with Gasteiger partial charge in [-0.1, -0.05) is 6.58 Å². The molecule has 56 valence electrons. The molecule has 0 bridgehead atoms. The second kappa shape index (κ2) is 3.61. The van der Waals surface area contributed by atoms with Crippen LogP contribution in [0.2, 0.25) is 0 Å². The maximum atomic E-state index is 5.24. The van der Waals surface area contributed by atoms with Crippen molar-refractivity contribution >= 4 is 0 Å². The first-order chi connectivity index (χ1) is 4.57. The molecule has 0 unspecified atom stereocenters. The second-order valence-corrected chi connectivity index (χ2v) is 2.05. The summed E-state index contributed by atoms with van der Waals surface area (Å²) in [6.45, 7) is 5.51. The zero-order valence-electron chi connectivity index (χ0n) is 6.09. The Morgan fingerprint density at radius 3 is 2.00 bits per heavy atom. The van der Waals surface area contributed by atoms with Gasteiger partial charge in [-0.05, 0) is 24.1 Å². The van der Waals surface area contributed by atoms with Crippen LogP contribution >= 0.6 is 0 Å². The van der Waals surface area contributed by atoms with E-state index in [9.17, 15) is 0 Å². The summed E-state index contributed by atoms with van der Waals surface area (Å²) < 4.78 is 0. The Morgan fingerprint density at radius 2 is 1.90 bits per heavy atom. The van der Waals surface area contributed by atoms with Gasteiger partial charge in [0.1, 0.15) is 0 Å². The molecule has 0 spiro atoms. The standard InChI is InChI=1S/C7H13N3/c1-5(2)6(4-8)3-7(9)10/h3-4H,1,8-10H2,2H3/b6-4+. The molecule has 0 aliphatic heterocycles. The van der Waals surface area contributed by atoms with Gasteiger partial charge in [0.15, 0.2) is 0 Å². The molecule has 0 saturated carbocycles. The van der Waals surface area contributed by atoms with Crippen molar-refractivity contribution in [3.05, 3.63) is 35.8 Å². The second-order valence-electron chi connectivity index (χ2n) is 2.05. The van der Waals surface area contributed by atoms with Crippen LogP contribution in [0.15, 0.2) is 35.8 Å². The van der Waals surface area contributed by atoms with Crippen LogP contribution in [0.1, 0.15) is 6.92 Å². The first-order valence-corrected chi connectivity index (χ1v) is 2.88. The van der Waals surface area contributed by atoms with Crippen molar-refractivity contribution in [2.75, 3.05) is 0 Å². The summed E-state index contributed by atoms with van der Waals surface area (Å²) in [5.41, 5.74) is 17.3. The lowest BCUT2D eigenvalue weighted by Crippen LogP contribution is -2.08. The lowest BCUT2D eigenvalue weighted by atomic mass is 10.1. The van der Waals surface area contributed by atoms with Crippen LogP contribution in [0.3, 0.4) is 0 Å². The van der Waals surface area contributed by atoms with E-state index in [1.165, 1.54) is 6.20 Å². The number of allylic oxidation sites excluding steroid dienone is 3. The molecule has 10 heavy (non-hydrogen) atoms. The highest BCUT2D eigenvalue weighted by Gasteiger charge is 1.91. The van der Waals surface area contributed by atoms with E-state index in [1.54, 1.807) is 6.08 Å². The number of hydrogen-bond acceptors (Lipinski definition) is 3. The average Bonchev–Trinajstić information content (AvgIpc) is 1.81. The Hall–Kier alpha value is -1.38. The fraction of sp³-hybridized carbons (Fsp3) is 0.143. The predicted octanol–water partition coefficient (Wildman–Crippen LogP) is 0.164. The van der Waals surface area contributed by atoms with E-state index in [0.29, 0.717) is 0 Å². The van der Waals surface area contributed by atoms with Crippen molar-refractivity contribution in [3.63, 3.8) is 0 Å². The van der Waals surface area contributed by atoms with Crippen molar-refractivity contribution in [2.24, 2.45) is 17.2 Å². The summed E-state index contributed by atoms with van der Waals surface area (Å²) in [6.07, 6.45) is 2.99. The van der Waals surface area contributed by atoms with E-state index in [1.807, 2.05) is 6.92 Å². The maximum Gasteiger partial charge on any atom is 0.0940 e. The summed E-state index contributed by atoms with van der Waals surface area (Å²) in [5.74, 6) is 0.236. The minimum absolute atomic E-state index is 0.236. The lowest BCUT2D eigenvalue weighted by Gasteiger charge is -1.98. The first kappa shape index (κ1) is 8.62. The van der Waals surface area contributed by atoms with Crippen LogP contribution in [0.25, 0.3) is 0 Å². The van der Waals surface area contributed by atoms with Crippen LogP contribution in [0, 0.1) is 0 Å². The Kier molecular flexibility index (Phi) is 3.11. The minimum Gasteiger partial charge on any atom is -0.404 e. The molecule has 0 heterocycles. The van der Waals surface area contributed by atoms with Crippen LogP contribution in [0.4, 0.5) is 0 Å². The summed E-state index contributed by atoms with van der Waals surface area (Å²) >= 11 is 0. The van der Waals surface area contributed by atoms with Crippen molar-refractivity contribution in [1.82, 2.24) is 0 Å². The molecule has 0 rings (SSSR count). The zero-order chi connectivity index (χ0) is 8.15. The highest BCUT2D eigenvalue weighted by Crippen LogP contribution is 2.05. The molecular formula is C7H13N3. The van der Waals surface area contributed by atoms with E-state index in [4.69, 9.17) is 17.2 Å². The average molecular weight is 139 g/mol. The van der Waals surface area contributed by atoms with Gasteiger partial charge in [-0.2, -0.15) is 0 Å². The number of nitrogens with two attached hydrogens (primary N) is 3. The number of rotatable bonds is 2. The third-order valence-electron chi connectivity index (χ3n) is 0.995. The molecule has 0 atom stereocenters. The molecule has 0 radical (unpaired) electrons. The van der Waals surface area contributed by atoms with Gasteiger partial charge in [-0.3, -0.25) is 0 Å². The third kappa shape index (κ3) is 2.81. The Labute approximate surface area is 60.9 Å². The van der Waals surface area contributed by atoms with E-state index in [-0.39, 0.29) is 5.82 Å². The fourth-order valence-electron chi connectivity index (χ4n) is 0.493. The molecule has 0 aromatic heterocycles. The van der Waals surface area contributed by atoms with Crippen molar-refractivity contribution < 1.29 is 0 Å². The largest absolute Gasteiger partial charge is 0.404 e. The topological polar surface area (TPSA) is 78.1 Å². The van der Waals surface area contributed by atoms with Gasteiger partial charge < -0.3 is 17.2 Å². The molecule has 0 saturated heterocycles. The Morgan fingerprint density at radius 1 is 1.40 bits per heavy atom. The van der Waals surface area contributed by atoms with Crippen molar-refractivity contribution in [2.45, 2.75) is 6.92 Å². The molecule has 0 aliphatic carbocycles. The molecule has 0 amide bonds. The maximum absolute atomic E-state index is 5.24. The summed E-state index contributed by atoms with van der Waals surface area (Å²) in [5, 5.41) is 0. The van der Waals surface area contributed by atoms with Crippen molar-refractivity contribution in [1.29, 1.82) is 0 Å². The van der Waals surface area contributed by atoms with Crippen LogP contribution in [-0.4, -0.2) is 0 Å². The smallest absolute Gasteiger partial charge is 0.0940 e. The van der Waals surface area contributed by atoms with Gasteiger partial charge in [-0.25, -0.2) is 0 Å². The highest BCUT2D eigenvalue weighted by molar-refractivity contribution is 5.36. The van der Waals surface area contributed by atoms with Gasteiger partial charge in [0.2, 0.25) is 0 Å². The predicted molar refractivity (Wildman–Crippen MR) is 43.5 cm³/mol. The molecule has 3 heteroatoms. The normalized spacial score (nSPS) is 10.7. The van der Waals surface area contributed by atoms with E-state index in [0.717, 1.165) is 11.1 Å². The van der Waals surface area contributed by atoms with Crippen LogP contribution < -0.4 is 17.2 Å². The highest BCUT2D eigenvalue weighted by atomic mass is 14.8. The molecule has 3 nitrogen and oxygen atoms in total. The number of hydrogen-bond donors (Lipinski definition) is 3. The fourth-order valence-corrected chi connectivity index (χ4v) is 0.493. The van der Waals surface area contributed by atoms with E-state index in [2.05, 4.69) is 6.58 Å². The molecule has 0 aromatic rings. The van der Waals surface area contributed by atoms with Crippen LogP contribution in [0.5, 0.6) is 0 Å². The van der Waals surface area contributed by atoms with Gasteiger partial charge in [0, 0.05) is 6.20 Å².